The Labute approximate surface area is 143 Å². The minimum Gasteiger partial charge on any atom is -0.861 e. The Balaban J connectivity index is 3.78. The molecule has 0 saturated carbocycles. The van der Waals surface area contributed by atoms with Crippen LogP contribution in [0.3, 0.4) is 0 Å². The Morgan fingerprint density at radius 2 is 1.50 bits per heavy atom. The first kappa shape index (κ1) is 23.4. The number of sulfonamides is 1. The summed E-state index contributed by atoms with van der Waals surface area (Å²) in [7, 11) is -5.43. The third-order valence-corrected chi connectivity index (χ3v) is 7.43. The molecule has 5 nitrogen and oxygen atoms in total. The molecule has 0 atom stereocenters. The summed E-state index contributed by atoms with van der Waals surface area (Å²) in [4.78, 5) is 0. The Morgan fingerprint density at radius 3 is 1.96 bits per heavy atom. The van der Waals surface area contributed by atoms with Crippen molar-refractivity contribution in [2.24, 2.45) is 4.40 Å². The fourth-order valence-corrected chi connectivity index (χ4v) is 3.81. The van der Waals surface area contributed by atoms with Gasteiger partial charge in [0, 0.05) is 7.11 Å². The number of unbranched alkanes of at least 4 members (excludes halogenated alkanes) is 6. The lowest BCUT2D eigenvalue weighted by Crippen LogP contribution is -2.27. The second-order valence-electron chi connectivity index (χ2n) is 6.34. The van der Waals surface area contributed by atoms with E-state index < -0.39 is 29.7 Å². The first-order valence-electron chi connectivity index (χ1n) is 8.03. The van der Waals surface area contributed by atoms with Crippen LogP contribution < -0.4 is 5.11 Å². The maximum absolute atomic E-state index is 12.0. The lowest BCUT2D eigenvalue weighted by Gasteiger charge is -2.19. The van der Waals surface area contributed by atoms with Crippen molar-refractivity contribution in [3.8, 4) is 0 Å². The van der Waals surface area contributed by atoms with Crippen LogP contribution in [0.4, 0.5) is 13.2 Å². The van der Waals surface area contributed by atoms with E-state index in [2.05, 4.69) is 17.5 Å². The van der Waals surface area contributed by atoms with Gasteiger partial charge in [0.2, 0.25) is 0 Å². The van der Waals surface area contributed by atoms with Crippen molar-refractivity contribution in [1.82, 2.24) is 0 Å². The van der Waals surface area contributed by atoms with Crippen molar-refractivity contribution in [3.63, 3.8) is 0 Å². The molecule has 0 aliphatic rings. The van der Waals surface area contributed by atoms with Crippen LogP contribution in [0.2, 0.25) is 19.1 Å². The molecule has 0 aromatic heterocycles. The van der Waals surface area contributed by atoms with Crippen LogP contribution in [0, 0.1) is 0 Å². The predicted octanol–water partition coefficient (Wildman–Crippen LogP) is 3.57. The summed E-state index contributed by atoms with van der Waals surface area (Å²) in [5.41, 5.74) is -5.51. The summed E-state index contributed by atoms with van der Waals surface area (Å²) >= 11 is 0. The SMILES string of the molecule is CO[Si](C)(C)CCCCCCCCC/C([O-])=N/S(=O)(=O)C(F)(F)F. The number of hydrogen-bond donors (Lipinski definition) is 0. The van der Waals surface area contributed by atoms with Crippen molar-refractivity contribution in [2.75, 3.05) is 7.11 Å². The van der Waals surface area contributed by atoms with Crippen LogP contribution in [0.1, 0.15) is 51.4 Å². The summed E-state index contributed by atoms with van der Waals surface area (Å²) in [6, 6.07) is 1.12. The van der Waals surface area contributed by atoms with Crippen LogP contribution in [0.5, 0.6) is 0 Å². The van der Waals surface area contributed by atoms with E-state index in [1.54, 1.807) is 7.11 Å². The molecule has 24 heavy (non-hydrogen) atoms. The monoisotopic (exact) mass is 390 g/mol. The first-order valence-corrected chi connectivity index (χ1v) is 12.6. The van der Waals surface area contributed by atoms with Crippen molar-refractivity contribution >= 4 is 24.2 Å². The van der Waals surface area contributed by atoms with Gasteiger partial charge in [-0.3, -0.25) is 0 Å². The highest BCUT2D eigenvalue weighted by atomic mass is 32.2. The lowest BCUT2D eigenvalue weighted by atomic mass is 10.1. The second-order valence-corrected chi connectivity index (χ2v) is 12.4. The van der Waals surface area contributed by atoms with Crippen LogP contribution in [-0.2, 0) is 14.4 Å². The van der Waals surface area contributed by atoms with Gasteiger partial charge in [0.15, 0.2) is 8.32 Å². The van der Waals surface area contributed by atoms with Crippen LogP contribution in [-0.4, -0.2) is 35.3 Å². The Morgan fingerprint density at radius 1 is 1.04 bits per heavy atom. The van der Waals surface area contributed by atoms with Crippen LogP contribution in [0.15, 0.2) is 4.40 Å². The van der Waals surface area contributed by atoms with Gasteiger partial charge in [-0.2, -0.15) is 26.0 Å². The highest BCUT2D eigenvalue weighted by molar-refractivity contribution is 7.91. The molecule has 0 fully saturated rings. The average molecular weight is 391 g/mol. The number of alkyl halides is 3. The van der Waals surface area contributed by atoms with Crippen molar-refractivity contribution < 1.29 is 31.1 Å². The first-order chi connectivity index (χ1) is 10.9. The molecule has 0 heterocycles. The standard InChI is InChI=1S/C14H28F3NO4SSi/c1-22-24(2,3)12-10-8-6-4-5-7-9-11-13(19)18-23(20,21)14(15,16)17/h4-12H2,1-3H3,(H,18,19)/p-1. The van der Waals surface area contributed by atoms with Gasteiger partial charge in [-0.05, 0) is 37.9 Å². The van der Waals surface area contributed by atoms with E-state index in [0.717, 1.165) is 38.1 Å². The summed E-state index contributed by atoms with van der Waals surface area (Å²) in [5.74, 6) is -1.24. The van der Waals surface area contributed by atoms with Gasteiger partial charge in [0.25, 0.3) is 0 Å². The molecule has 10 heteroatoms. The predicted molar refractivity (Wildman–Crippen MR) is 88.6 cm³/mol. The molecule has 0 radical (unpaired) electrons. The van der Waals surface area contributed by atoms with E-state index >= 15 is 0 Å². The van der Waals surface area contributed by atoms with Gasteiger partial charge in [0.05, 0.1) is 0 Å². The third kappa shape index (κ3) is 10.3. The highest BCUT2D eigenvalue weighted by Gasteiger charge is 2.45. The van der Waals surface area contributed by atoms with Gasteiger partial charge < -0.3 is 9.53 Å². The van der Waals surface area contributed by atoms with E-state index in [1.165, 1.54) is 0 Å². The zero-order valence-electron chi connectivity index (χ0n) is 14.5. The quantitative estimate of drug-likeness (QED) is 0.221. The van der Waals surface area contributed by atoms with Gasteiger partial charge in [0.1, 0.15) is 0 Å². The van der Waals surface area contributed by atoms with Gasteiger partial charge >= 0.3 is 15.5 Å². The molecule has 0 aromatic carbocycles. The van der Waals surface area contributed by atoms with E-state index in [4.69, 9.17) is 4.43 Å². The van der Waals surface area contributed by atoms with Gasteiger partial charge in [-0.25, -0.2) is 0 Å². The zero-order chi connectivity index (χ0) is 18.9. The number of rotatable bonds is 12. The van der Waals surface area contributed by atoms with E-state index in [-0.39, 0.29) is 6.42 Å². The van der Waals surface area contributed by atoms with E-state index in [9.17, 15) is 26.7 Å². The topological polar surface area (TPSA) is 78.8 Å². The Bertz CT molecular complexity index is 493. The molecule has 144 valence electrons. The van der Waals surface area contributed by atoms with Crippen molar-refractivity contribution in [2.45, 2.75) is 76.0 Å². The normalized spacial score (nSPS) is 14.2. The smallest absolute Gasteiger partial charge is 0.518 e. The van der Waals surface area contributed by atoms with Gasteiger partial charge in [-0.1, -0.05) is 38.5 Å². The van der Waals surface area contributed by atoms with E-state index in [0.29, 0.717) is 12.8 Å². The summed E-state index contributed by atoms with van der Waals surface area (Å²) in [6.45, 7) is 4.35. The molecule has 0 aromatic rings. The molecule has 0 spiro atoms. The molecule has 0 unspecified atom stereocenters. The van der Waals surface area contributed by atoms with Gasteiger partial charge in [-0.15, -0.1) is 0 Å². The number of hydrogen-bond acceptors (Lipinski definition) is 4. The molecule has 0 saturated heterocycles. The number of halogens is 3. The fraction of sp³-hybridized carbons (Fsp3) is 0.929. The summed E-state index contributed by atoms with van der Waals surface area (Å²) in [5, 5.41) is 11.1. The molecular formula is C14H27F3NO4SSi-. The van der Waals surface area contributed by atoms with E-state index in [1.807, 2.05) is 0 Å². The Hall–Kier alpha value is -0.613. The second kappa shape index (κ2) is 10.4. The highest BCUT2D eigenvalue weighted by Crippen LogP contribution is 2.24. The van der Waals surface area contributed by atoms with Crippen LogP contribution >= 0.6 is 0 Å². The molecule has 0 N–H and O–H groups in total. The molecule has 0 aliphatic heterocycles. The minimum atomic E-state index is -5.70. The maximum Gasteiger partial charge on any atom is 0.518 e. The lowest BCUT2D eigenvalue weighted by molar-refractivity contribution is -0.218. The number of nitrogens with zero attached hydrogens (tertiary/aromatic N) is 1. The molecular weight excluding hydrogens is 363 g/mol. The third-order valence-electron chi connectivity index (χ3n) is 3.74. The molecule has 0 bridgehead atoms. The largest absolute Gasteiger partial charge is 0.861 e. The summed E-state index contributed by atoms with van der Waals surface area (Å²) in [6.07, 6.45) is 5.89. The summed E-state index contributed by atoms with van der Waals surface area (Å²) < 4.78 is 65.2. The Kier molecular flexibility index (Phi) is 10.1. The molecule has 0 rings (SSSR count). The molecule has 0 aliphatic carbocycles. The zero-order valence-corrected chi connectivity index (χ0v) is 16.3. The van der Waals surface area contributed by atoms with Crippen molar-refractivity contribution in [1.29, 1.82) is 0 Å². The fourth-order valence-electron chi connectivity index (χ4n) is 2.04. The maximum atomic E-state index is 12.0. The molecule has 0 amide bonds. The average Bonchev–Trinajstić information content (AvgIpc) is 2.43. The van der Waals surface area contributed by atoms with Crippen molar-refractivity contribution in [3.05, 3.63) is 0 Å². The minimum absolute atomic E-state index is 0.275. The van der Waals surface area contributed by atoms with Crippen LogP contribution in [0.25, 0.3) is 0 Å².